The Kier molecular flexibility index (Phi) is 5.44. The molecule has 0 N–H and O–H groups in total. The third-order valence-electron chi connectivity index (χ3n) is 1.69. The quantitative estimate of drug-likeness (QED) is 0.553. The van der Waals surface area contributed by atoms with Crippen LogP contribution in [0, 0.1) is 31.6 Å². The third-order valence-corrected chi connectivity index (χ3v) is 2.69. The maximum absolute atomic E-state index is 11.7. The Hall–Kier alpha value is -0.390. The Bertz CT molecular complexity index is 225. The van der Waals surface area contributed by atoms with Crippen LogP contribution in [0.2, 0.25) is 0 Å². The highest BCUT2D eigenvalue weighted by Crippen LogP contribution is 2.26. The van der Waals surface area contributed by atoms with E-state index in [1.54, 1.807) is 0 Å². The number of alkyl halides is 3. The van der Waals surface area contributed by atoms with Crippen molar-refractivity contribution in [1.29, 1.82) is 0 Å². The summed E-state index contributed by atoms with van der Waals surface area (Å²) in [7, 11) is 0. The maximum atomic E-state index is 11.7. The number of hydrogen-bond donors (Lipinski definition) is 0. The Balaban J connectivity index is 1.97. The van der Waals surface area contributed by atoms with E-state index in [2.05, 4.69) is 4.74 Å². The fourth-order valence-corrected chi connectivity index (χ4v) is 1.75. The monoisotopic (exact) mass is 251 g/mol. The molecule has 0 aliphatic heterocycles. The molecule has 0 amide bonds. The molecule has 0 unspecified atom stereocenters. The van der Waals surface area contributed by atoms with E-state index in [0.717, 1.165) is 5.92 Å². The highest BCUT2D eigenvalue weighted by molar-refractivity contribution is 7.99. The van der Waals surface area contributed by atoms with Crippen LogP contribution in [0.1, 0.15) is 0 Å². The normalized spacial score (nSPS) is 17.7. The van der Waals surface area contributed by atoms with Gasteiger partial charge in [-0.3, -0.25) is 0 Å². The number of rotatable bonds is 5. The first-order valence-corrected chi connectivity index (χ1v) is 5.68. The molecule has 0 heterocycles. The van der Waals surface area contributed by atoms with Gasteiger partial charge < -0.3 is 4.74 Å². The van der Waals surface area contributed by atoms with Gasteiger partial charge in [0.25, 0.3) is 0 Å². The summed E-state index contributed by atoms with van der Waals surface area (Å²) in [5.41, 5.74) is 0. The molecule has 5 radical (unpaired) electrons. The minimum atomic E-state index is -4.89. The van der Waals surface area contributed by atoms with E-state index in [0.29, 0.717) is 11.5 Å². The lowest BCUT2D eigenvalue weighted by atomic mass is 10.1. The summed E-state index contributed by atoms with van der Waals surface area (Å²) in [6.45, 7) is -0.219. The first-order chi connectivity index (χ1) is 7.50. The van der Waals surface area contributed by atoms with Crippen molar-refractivity contribution in [3.63, 3.8) is 0 Å². The average molecular weight is 251 g/mol. The Morgan fingerprint density at radius 1 is 1.31 bits per heavy atom. The smallest absolute Gasteiger partial charge is 0.458 e. The van der Waals surface area contributed by atoms with Crippen LogP contribution in [0.25, 0.3) is 0 Å². The van der Waals surface area contributed by atoms with Crippen LogP contribution in [0.5, 0.6) is 0 Å². The fraction of sp³-hybridized carbons (Fsp3) is 0.400. The average Bonchev–Trinajstić information content (AvgIpc) is 2.68. The second kappa shape index (κ2) is 6.37. The summed E-state index contributed by atoms with van der Waals surface area (Å²) in [6, 6.07) is 0. The van der Waals surface area contributed by atoms with E-state index in [-0.39, 0.29) is 6.61 Å². The van der Waals surface area contributed by atoms with Crippen LogP contribution in [0.4, 0.5) is 13.2 Å². The van der Waals surface area contributed by atoms with Gasteiger partial charge in [0.1, 0.15) is 6.61 Å². The van der Waals surface area contributed by atoms with Crippen LogP contribution in [0.15, 0.2) is 0 Å². The molecular formula is C10H10F3O2S. The van der Waals surface area contributed by atoms with Crippen molar-refractivity contribution in [2.45, 2.75) is 6.18 Å². The lowest BCUT2D eigenvalue weighted by Crippen LogP contribution is -2.26. The van der Waals surface area contributed by atoms with Crippen molar-refractivity contribution in [3.05, 3.63) is 31.6 Å². The number of halogens is 3. The van der Waals surface area contributed by atoms with Crippen LogP contribution in [-0.2, 0) is 9.53 Å². The Labute approximate surface area is 96.9 Å². The number of hydrogen-bond acceptors (Lipinski definition) is 3. The van der Waals surface area contributed by atoms with Crippen molar-refractivity contribution < 1.29 is 22.7 Å². The van der Waals surface area contributed by atoms with Gasteiger partial charge in [0.2, 0.25) is 0 Å². The van der Waals surface area contributed by atoms with Gasteiger partial charge in [-0.25, -0.2) is 4.79 Å². The van der Waals surface area contributed by atoms with Gasteiger partial charge in [-0.05, 0) is 31.6 Å². The lowest BCUT2D eigenvalue weighted by Gasteiger charge is -2.08. The van der Waals surface area contributed by atoms with Crippen molar-refractivity contribution in [1.82, 2.24) is 0 Å². The number of ether oxygens (including phenoxy) is 1. The van der Waals surface area contributed by atoms with Gasteiger partial charge in [-0.2, -0.15) is 24.9 Å². The number of thioether (sulfide) groups is 1. The molecule has 0 spiro atoms. The van der Waals surface area contributed by atoms with Crippen LogP contribution in [0.3, 0.4) is 0 Å². The summed E-state index contributed by atoms with van der Waals surface area (Å²) >= 11 is 1.42. The molecule has 0 atom stereocenters. The van der Waals surface area contributed by atoms with Gasteiger partial charge in [-0.15, -0.1) is 0 Å². The van der Waals surface area contributed by atoms with Crippen molar-refractivity contribution in [2.75, 3.05) is 18.1 Å². The first kappa shape index (κ1) is 13.7. The van der Waals surface area contributed by atoms with E-state index in [1.165, 1.54) is 11.8 Å². The molecule has 0 aromatic heterocycles. The molecule has 1 aliphatic carbocycles. The topological polar surface area (TPSA) is 26.3 Å². The molecule has 1 fully saturated rings. The minimum Gasteiger partial charge on any atom is -0.458 e. The standard InChI is InChI=1S/C10H10F3O2S/c11-10(12,13)9(14)15-5-6-16-7-8-3-1-2-4-8/h1-4H,5-7H2. The predicted octanol–water partition coefficient (Wildman–Crippen LogP) is 2.23. The third kappa shape index (κ3) is 5.09. The number of esters is 1. The molecule has 1 aliphatic rings. The summed E-state index contributed by atoms with van der Waals surface area (Å²) < 4.78 is 39.1. The predicted molar refractivity (Wildman–Crippen MR) is 54.8 cm³/mol. The van der Waals surface area contributed by atoms with Gasteiger partial charge in [0.15, 0.2) is 0 Å². The van der Waals surface area contributed by atoms with Gasteiger partial charge in [0.05, 0.1) is 0 Å². The molecule has 1 saturated carbocycles. The highest BCUT2D eigenvalue weighted by Gasteiger charge is 2.40. The van der Waals surface area contributed by atoms with Gasteiger partial charge in [-0.1, -0.05) is 0 Å². The van der Waals surface area contributed by atoms with Gasteiger partial charge in [0, 0.05) is 11.5 Å². The Morgan fingerprint density at radius 2 is 1.94 bits per heavy atom. The molecule has 0 aromatic carbocycles. The van der Waals surface area contributed by atoms with Gasteiger partial charge >= 0.3 is 12.1 Å². The lowest BCUT2D eigenvalue weighted by molar-refractivity contribution is -0.199. The largest absolute Gasteiger partial charge is 0.490 e. The van der Waals surface area contributed by atoms with E-state index < -0.39 is 12.1 Å². The minimum absolute atomic E-state index is 0.219. The number of carbonyl (C=O) groups excluding carboxylic acids is 1. The highest BCUT2D eigenvalue weighted by atomic mass is 32.2. The molecule has 89 valence electrons. The van der Waals surface area contributed by atoms with Crippen LogP contribution in [-0.4, -0.2) is 30.3 Å². The first-order valence-electron chi connectivity index (χ1n) is 4.52. The summed E-state index contributed by atoms with van der Waals surface area (Å²) in [5, 5.41) is 0. The van der Waals surface area contributed by atoms with Crippen molar-refractivity contribution in [2.24, 2.45) is 0 Å². The van der Waals surface area contributed by atoms with E-state index in [4.69, 9.17) is 0 Å². The van der Waals surface area contributed by atoms with Crippen LogP contribution < -0.4 is 0 Å². The SMILES string of the molecule is O=C(OCCSC[C]1[CH][CH][CH][CH]1)C(F)(F)F. The zero-order valence-electron chi connectivity index (χ0n) is 8.29. The molecule has 0 saturated heterocycles. The van der Waals surface area contributed by atoms with Crippen molar-refractivity contribution in [3.8, 4) is 0 Å². The second-order valence-electron chi connectivity index (χ2n) is 2.98. The molecule has 0 bridgehead atoms. The molecule has 6 heteroatoms. The molecule has 1 rings (SSSR count). The van der Waals surface area contributed by atoms with E-state index in [9.17, 15) is 18.0 Å². The second-order valence-corrected chi connectivity index (χ2v) is 4.08. The van der Waals surface area contributed by atoms with E-state index in [1.807, 2.05) is 25.7 Å². The Morgan fingerprint density at radius 3 is 2.50 bits per heavy atom. The van der Waals surface area contributed by atoms with Crippen LogP contribution >= 0.6 is 11.8 Å². The number of carbonyl (C=O) groups is 1. The zero-order chi connectivity index (χ0) is 12.0. The molecule has 2 nitrogen and oxygen atoms in total. The molecule has 0 aromatic rings. The zero-order valence-corrected chi connectivity index (χ0v) is 9.11. The molecular weight excluding hydrogens is 241 g/mol. The molecule has 16 heavy (non-hydrogen) atoms. The maximum Gasteiger partial charge on any atom is 0.490 e. The summed E-state index contributed by atoms with van der Waals surface area (Å²) in [5.74, 6) is 0.0392. The fourth-order valence-electron chi connectivity index (χ4n) is 0.975. The summed E-state index contributed by atoms with van der Waals surface area (Å²) in [6.07, 6.45) is 2.74. The summed E-state index contributed by atoms with van der Waals surface area (Å²) in [4.78, 5) is 10.3. The van der Waals surface area contributed by atoms with E-state index >= 15 is 0 Å². The van der Waals surface area contributed by atoms with Crippen molar-refractivity contribution >= 4 is 17.7 Å².